The average Bonchev–Trinajstić information content (AvgIpc) is 2.61. The number of hydrogen-bond acceptors (Lipinski definition) is 6. The molecule has 0 bridgehead atoms. The third-order valence-corrected chi connectivity index (χ3v) is 3.68. The molecular weight excluding hydrogens is 371 g/mol. The highest BCUT2D eigenvalue weighted by Gasteiger charge is 2.29. The van der Waals surface area contributed by atoms with Gasteiger partial charge >= 0.3 is 5.97 Å². The second-order valence-corrected chi connectivity index (χ2v) is 5.85. The Morgan fingerprint density at radius 1 is 1.28 bits per heavy atom. The van der Waals surface area contributed by atoms with Crippen molar-refractivity contribution >= 4 is 40.9 Å². The minimum atomic E-state index is -0.944. The number of ether oxygens (including phenoxy) is 3. The monoisotopic (exact) mass is 382 g/mol. The highest BCUT2D eigenvalue weighted by molar-refractivity contribution is 6.36. The summed E-state index contributed by atoms with van der Waals surface area (Å²) >= 11 is 11.6. The number of carbonyl (C=O) groups excluding carboxylic acids is 2. The number of benzene rings is 1. The van der Waals surface area contributed by atoms with E-state index < -0.39 is 24.6 Å². The number of esters is 1. The first kappa shape index (κ1) is 17.3. The molecule has 1 amide bonds. The lowest BCUT2D eigenvalue weighted by atomic mass is 10.2. The summed E-state index contributed by atoms with van der Waals surface area (Å²) in [6.07, 6.45) is 0.389. The summed E-state index contributed by atoms with van der Waals surface area (Å²) in [5.74, 6) is -0.189. The first-order chi connectivity index (χ1) is 12.0. The van der Waals surface area contributed by atoms with Crippen molar-refractivity contribution in [3.8, 4) is 11.5 Å². The molecule has 2 aromatic rings. The minimum absolute atomic E-state index is 0.00202. The van der Waals surface area contributed by atoms with Crippen LogP contribution in [0.15, 0.2) is 36.5 Å². The van der Waals surface area contributed by atoms with Gasteiger partial charge in [-0.1, -0.05) is 35.3 Å². The fourth-order valence-electron chi connectivity index (χ4n) is 2.04. The maximum Gasteiger partial charge on any atom is 0.351 e. The number of aromatic nitrogens is 1. The Balaban J connectivity index is 1.51. The van der Waals surface area contributed by atoms with Crippen LogP contribution in [0.3, 0.4) is 0 Å². The number of amides is 1. The molecule has 0 aliphatic carbocycles. The molecule has 1 N–H and O–H groups in total. The van der Waals surface area contributed by atoms with E-state index in [-0.39, 0.29) is 17.4 Å². The smallest absolute Gasteiger partial charge is 0.351 e. The van der Waals surface area contributed by atoms with E-state index >= 15 is 0 Å². The largest absolute Gasteiger partial charge is 0.485 e. The van der Waals surface area contributed by atoms with Gasteiger partial charge in [-0.15, -0.1) is 0 Å². The van der Waals surface area contributed by atoms with Crippen LogP contribution in [0.4, 0.5) is 5.82 Å². The van der Waals surface area contributed by atoms with Crippen molar-refractivity contribution in [1.82, 2.24) is 4.98 Å². The Morgan fingerprint density at radius 3 is 2.80 bits per heavy atom. The van der Waals surface area contributed by atoms with Crippen LogP contribution < -0.4 is 14.8 Å². The van der Waals surface area contributed by atoms with Gasteiger partial charge in [0.2, 0.25) is 6.10 Å². The van der Waals surface area contributed by atoms with Crippen molar-refractivity contribution in [2.24, 2.45) is 0 Å². The van der Waals surface area contributed by atoms with Gasteiger partial charge in [0.05, 0.1) is 10.0 Å². The number of nitrogens with one attached hydrogen (secondary N) is 1. The van der Waals surface area contributed by atoms with Crippen LogP contribution in [0.25, 0.3) is 0 Å². The van der Waals surface area contributed by atoms with Crippen molar-refractivity contribution < 1.29 is 23.8 Å². The van der Waals surface area contributed by atoms with Gasteiger partial charge < -0.3 is 19.5 Å². The highest BCUT2D eigenvalue weighted by atomic mass is 35.5. The zero-order valence-electron chi connectivity index (χ0n) is 12.7. The van der Waals surface area contributed by atoms with Gasteiger partial charge in [0.15, 0.2) is 23.9 Å². The Kier molecular flexibility index (Phi) is 5.25. The maximum absolute atomic E-state index is 12.0. The van der Waals surface area contributed by atoms with Crippen LogP contribution in [-0.2, 0) is 14.3 Å². The first-order valence-corrected chi connectivity index (χ1v) is 7.94. The normalized spacial score (nSPS) is 15.4. The van der Waals surface area contributed by atoms with Gasteiger partial charge in [0, 0.05) is 6.20 Å². The molecule has 1 atom stereocenters. The molecule has 0 saturated heterocycles. The van der Waals surface area contributed by atoms with Gasteiger partial charge in [0.1, 0.15) is 6.61 Å². The number of rotatable bonds is 4. The van der Waals surface area contributed by atoms with Crippen molar-refractivity contribution in [2.45, 2.75) is 6.10 Å². The summed E-state index contributed by atoms with van der Waals surface area (Å²) in [6, 6.07) is 8.39. The number of pyridine rings is 1. The third kappa shape index (κ3) is 4.32. The van der Waals surface area contributed by atoms with Gasteiger partial charge in [-0.3, -0.25) is 4.79 Å². The van der Waals surface area contributed by atoms with E-state index in [0.29, 0.717) is 16.5 Å². The molecule has 1 aliphatic heterocycles. The van der Waals surface area contributed by atoms with Crippen molar-refractivity contribution in [3.05, 3.63) is 46.6 Å². The predicted octanol–water partition coefficient (Wildman–Crippen LogP) is 2.71. The molecule has 0 saturated carbocycles. The van der Waals surface area contributed by atoms with Crippen LogP contribution in [0.2, 0.25) is 10.0 Å². The number of carbonyl (C=O) groups is 2. The summed E-state index contributed by atoms with van der Waals surface area (Å²) in [4.78, 5) is 27.7. The molecule has 9 heteroatoms. The van der Waals surface area contributed by atoms with Crippen LogP contribution >= 0.6 is 23.2 Å². The highest BCUT2D eigenvalue weighted by Crippen LogP contribution is 2.31. The lowest BCUT2D eigenvalue weighted by Crippen LogP contribution is -2.39. The van der Waals surface area contributed by atoms with E-state index in [2.05, 4.69) is 10.3 Å². The van der Waals surface area contributed by atoms with Crippen molar-refractivity contribution in [3.63, 3.8) is 0 Å². The van der Waals surface area contributed by atoms with Crippen molar-refractivity contribution in [1.29, 1.82) is 0 Å². The third-order valence-electron chi connectivity index (χ3n) is 3.18. The Hall–Kier alpha value is -2.51. The SMILES string of the molecule is O=C(COC(=O)C1COc2ccccc2O1)Nc1ncc(Cl)cc1Cl. The average molecular weight is 383 g/mol. The lowest BCUT2D eigenvalue weighted by molar-refractivity contribution is -0.156. The molecule has 1 unspecified atom stereocenters. The number of anilines is 1. The Labute approximate surface area is 152 Å². The summed E-state index contributed by atoms with van der Waals surface area (Å²) in [6.45, 7) is -0.511. The van der Waals surface area contributed by atoms with E-state index in [1.54, 1.807) is 24.3 Å². The van der Waals surface area contributed by atoms with Gasteiger partial charge in [0.25, 0.3) is 5.91 Å². The zero-order valence-corrected chi connectivity index (χ0v) is 14.2. The van der Waals surface area contributed by atoms with Gasteiger partial charge in [-0.25, -0.2) is 9.78 Å². The van der Waals surface area contributed by atoms with E-state index in [1.165, 1.54) is 12.3 Å². The zero-order chi connectivity index (χ0) is 17.8. The fourth-order valence-corrected chi connectivity index (χ4v) is 2.47. The van der Waals surface area contributed by atoms with Gasteiger partial charge in [-0.05, 0) is 18.2 Å². The molecule has 0 fully saturated rings. The fraction of sp³-hybridized carbons (Fsp3) is 0.188. The number of halogens is 2. The lowest BCUT2D eigenvalue weighted by Gasteiger charge is -2.24. The summed E-state index contributed by atoms with van der Waals surface area (Å²) in [5, 5.41) is 2.93. The molecule has 1 aromatic carbocycles. The first-order valence-electron chi connectivity index (χ1n) is 7.19. The van der Waals surface area contributed by atoms with Crippen molar-refractivity contribution in [2.75, 3.05) is 18.5 Å². The second-order valence-electron chi connectivity index (χ2n) is 5.00. The molecule has 7 nitrogen and oxygen atoms in total. The molecule has 0 radical (unpaired) electrons. The molecule has 2 heterocycles. The van der Waals surface area contributed by atoms with Crippen LogP contribution in [-0.4, -0.2) is 36.2 Å². The molecule has 1 aliphatic rings. The van der Waals surface area contributed by atoms with E-state index in [9.17, 15) is 9.59 Å². The number of para-hydroxylation sites is 2. The quantitative estimate of drug-likeness (QED) is 0.818. The standard InChI is InChI=1S/C16H12Cl2N2O5/c17-9-5-10(18)15(19-6-9)20-14(21)8-24-16(22)13-7-23-11-3-1-2-4-12(11)25-13/h1-6,13H,7-8H2,(H,19,20,21). The summed E-state index contributed by atoms with van der Waals surface area (Å²) in [5.41, 5.74) is 0. The minimum Gasteiger partial charge on any atom is -0.485 e. The van der Waals surface area contributed by atoms with Crippen LogP contribution in [0.1, 0.15) is 0 Å². The molecule has 130 valence electrons. The van der Waals surface area contributed by atoms with Gasteiger partial charge in [-0.2, -0.15) is 0 Å². The molecule has 25 heavy (non-hydrogen) atoms. The number of fused-ring (bicyclic) bond motifs is 1. The predicted molar refractivity (Wildman–Crippen MR) is 90.2 cm³/mol. The van der Waals surface area contributed by atoms with Crippen LogP contribution in [0, 0.1) is 0 Å². The van der Waals surface area contributed by atoms with E-state index in [4.69, 9.17) is 37.4 Å². The topological polar surface area (TPSA) is 86.8 Å². The molecule has 1 aromatic heterocycles. The molecule has 3 rings (SSSR count). The Morgan fingerprint density at radius 2 is 2.04 bits per heavy atom. The number of hydrogen-bond donors (Lipinski definition) is 1. The second kappa shape index (κ2) is 7.58. The Bertz CT molecular complexity index is 815. The summed E-state index contributed by atoms with van der Waals surface area (Å²) in [7, 11) is 0. The van der Waals surface area contributed by atoms with E-state index in [0.717, 1.165) is 0 Å². The maximum atomic E-state index is 12.0. The molecular formula is C16H12Cl2N2O5. The molecule has 0 spiro atoms. The summed E-state index contributed by atoms with van der Waals surface area (Å²) < 4.78 is 15.9. The number of nitrogens with zero attached hydrogens (tertiary/aromatic N) is 1. The van der Waals surface area contributed by atoms with E-state index in [1.807, 2.05) is 0 Å². The van der Waals surface area contributed by atoms with Crippen LogP contribution in [0.5, 0.6) is 11.5 Å².